The number of aliphatic hydroxyl groups is 1. The molecule has 0 radical (unpaired) electrons. The van der Waals surface area contributed by atoms with Gasteiger partial charge in [-0.3, -0.25) is 0 Å². The molecule has 2 aromatic rings. The molecule has 2 nitrogen and oxygen atoms in total. The van der Waals surface area contributed by atoms with Crippen LogP contribution in [0.5, 0.6) is 11.5 Å². The molecule has 2 rings (SSSR count). The lowest BCUT2D eigenvalue weighted by Crippen LogP contribution is -1.95. The standard InChI is InChI=1S/C15H16O2/c1-11-7-9-13(10-8-11)17-15-6-4-3-5-14(15)12(2)16/h3-10,12,16H,1-2H3/t12-/m1/s1. The van der Waals surface area contributed by atoms with Crippen LogP contribution >= 0.6 is 0 Å². The maximum Gasteiger partial charge on any atom is 0.133 e. The molecule has 0 spiro atoms. The molecule has 0 heterocycles. The third-order valence-corrected chi connectivity index (χ3v) is 2.62. The smallest absolute Gasteiger partial charge is 0.133 e. The maximum atomic E-state index is 9.65. The summed E-state index contributed by atoms with van der Waals surface area (Å²) in [7, 11) is 0. The van der Waals surface area contributed by atoms with Gasteiger partial charge in [-0.05, 0) is 32.0 Å². The Labute approximate surface area is 101 Å². The molecule has 0 fully saturated rings. The zero-order valence-corrected chi connectivity index (χ0v) is 10.1. The van der Waals surface area contributed by atoms with Crippen LogP contribution in [0.3, 0.4) is 0 Å². The highest BCUT2D eigenvalue weighted by atomic mass is 16.5. The highest BCUT2D eigenvalue weighted by molar-refractivity contribution is 5.39. The third kappa shape index (κ3) is 2.86. The molecule has 0 saturated carbocycles. The number of ether oxygens (including phenoxy) is 1. The molecule has 17 heavy (non-hydrogen) atoms. The van der Waals surface area contributed by atoms with E-state index in [1.165, 1.54) is 5.56 Å². The van der Waals surface area contributed by atoms with E-state index in [0.29, 0.717) is 5.75 Å². The zero-order chi connectivity index (χ0) is 12.3. The molecule has 0 saturated heterocycles. The summed E-state index contributed by atoms with van der Waals surface area (Å²) in [6, 6.07) is 15.4. The van der Waals surface area contributed by atoms with E-state index in [9.17, 15) is 5.11 Å². The van der Waals surface area contributed by atoms with Gasteiger partial charge in [0.25, 0.3) is 0 Å². The Kier molecular flexibility index (Phi) is 3.45. The maximum absolute atomic E-state index is 9.65. The van der Waals surface area contributed by atoms with Crippen molar-refractivity contribution in [1.29, 1.82) is 0 Å². The Balaban J connectivity index is 2.26. The van der Waals surface area contributed by atoms with Crippen molar-refractivity contribution in [1.82, 2.24) is 0 Å². The van der Waals surface area contributed by atoms with Gasteiger partial charge in [0.15, 0.2) is 0 Å². The summed E-state index contributed by atoms with van der Waals surface area (Å²) in [4.78, 5) is 0. The van der Waals surface area contributed by atoms with Crippen molar-refractivity contribution >= 4 is 0 Å². The van der Waals surface area contributed by atoms with E-state index in [4.69, 9.17) is 4.74 Å². The van der Waals surface area contributed by atoms with E-state index >= 15 is 0 Å². The second-order valence-electron chi connectivity index (χ2n) is 4.13. The van der Waals surface area contributed by atoms with Gasteiger partial charge in [-0.1, -0.05) is 35.9 Å². The number of benzene rings is 2. The lowest BCUT2D eigenvalue weighted by molar-refractivity contribution is 0.195. The fourth-order valence-corrected chi connectivity index (χ4v) is 1.65. The van der Waals surface area contributed by atoms with Crippen LogP contribution in [0.25, 0.3) is 0 Å². The molecule has 0 aliphatic heterocycles. The molecule has 2 aromatic carbocycles. The summed E-state index contributed by atoms with van der Waals surface area (Å²) in [5.41, 5.74) is 1.99. The molecule has 88 valence electrons. The number of aliphatic hydroxyl groups excluding tert-OH is 1. The van der Waals surface area contributed by atoms with E-state index < -0.39 is 6.10 Å². The van der Waals surface area contributed by atoms with Crippen LogP contribution in [0.15, 0.2) is 48.5 Å². The van der Waals surface area contributed by atoms with Gasteiger partial charge in [0.2, 0.25) is 0 Å². The number of rotatable bonds is 3. The first kappa shape index (κ1) is 11.7. The first-order chi connectivity index (χ1) is 8.16. The van der Waals surface area contributed by atoms with Gasteiger partial charge in [0.05, 0.1) is 6.10 Å². The van der Waals surface area contributed by atoms with Crippen LogP contribution in [-0.4, -0.2) is 5.11 Å². The van der Waals surface area contributed by atoms with E-state index in [1.807, 2.05) is 55.5 Å². The SMILES string of the molecule is Cc1ccc(Oc2ccccc2[C@@H](C)O)cc1. The van der Waals surface area contributed by atoms with E-state index in [-0.39, 0.29) is 0 Å². The van der Waals surface area contributed by atoms with E-state index in [0.717, 1.165) is 11.3 Å². The Morgan fingerprint density at radius 2 is 1.65 bits per heavy atom. The lowest BCUT2D eigenvalue weighted by Gasteiger charge is -2.12. The number of hydrogen-bond donors (Lipinski definition) is 1. The first-order valence-electron chi connectivity index (χ1n) is 5.68. The van der Waals surface area contributed by atoms with Gasteiger partial charge in [-0.25, -0.2) is 0 Å². The van der Waals surface area contributed by atoms with Crippen LogP contribution in [-0.2, 0) is 0 Å². The molecule has 1 atom stereocenters. The average Bonchev–Trinajstić information content (AvgIpc) is 2.32. The summed E-state index contributed by atoms with van der Waals surface area (Å²) in [5.74, 6) is 1.48. The number of aryl methyl sites for hydroxylation is 1. The summed E-state index contributed by atoms with van der Waals surface area (Å²) in [6.07, 6.45) is -0.531. The van der Waals surface area contributed by atoms with Gasteiger partial charge in [0, 0.05) is 5.56 Å². The second kappa shape index (κ2) is 5.02. The van der Waals surface area contributed by atoms with Crippen LogP contribution in [0.1, 0.15) is 24.2 Å². The van der Waals surface area contributed by atoms with Gasteiger partial charge in [-0.15, -0.1) is 0 Å². The fourth-order valence-electron chi connectivity index (χ4n) is 1.65. The Hall–Kier alpha value is -1.80. The molecule has 0 aliphatic carbocycles. The minimum atomic E-state index is -0.531. The highest BCUT2D eigenvalue weighted by Crippen LogP contribution is 2.29. The van der Waals surface area contributed by atoms with Gasteiger partial charge < -0.3 is 9.84 Å². The van der Waals surface area contributed by atoms with Crippen molar-refractivity contribution < 1.29 is 9.84 Å². The topological polar surface area (TPSA) is 29.5 Å². The first-order valence-corrected chi connectivity index (χ1v) is 5.68. The Morgan fingerprint density at radius 1 is 1.00 bits per heavy atom. The predicted molar refractivity (Wildman–Crippen MR) is 68.3 cm³/mol. The summed E-state index contributed by atoms with van der Waals surface area (Å²) >= 11 is 0. The van der Waals surface area contributed by atoms with Crippen molar-refractivity contribution in [2.75, 3.05) is 0 Å². The predicted octanol–water partition coefficient (Wildman–Crippen LogP) is 3.84. The quantitative estimate of drug-likeness (QED) is 0.864. The molecule has 0 unspecified atom stereocenters. The van der Waals surface area contributed by atoms with Crippen molar-refractivity contribution in [3.8, 4) is 11.5 Å². The van der Waals surface area contributed by atoms with Gasteiger partial charge in [0.1, 0.15) is 11.5 Å². The van der Waals surface area contributed by atoms with Crippen LogP contribution in [0, 0.1) is 6.92 Å². The largest absolute Gasteiger partial charge is 0.457 e. The van der Waals surface area contributed by atoms with Crippen molar-refractivity contribution in [3.63, 3.8) is 0 Å². The van der Waals surface area contributed by atoms with Crippen molar-refractivity contribution in [2.24, 2.45) is 0 Å². The molecule has 0 bridgehead atoms. The minimum Gasteiger partial charge on any atom is -0.457 e. The molecule has 0 aliphatic rings. The number of para-hydroxylation sites is 1. The zero-order valence-electron chi connectivity index (χ0n) is 10.1. The second-order valence-corrected chi connectivity index (χ2v) is 4.13. The third-order valence-electron chi connectivity index (χ3n) is 2.62. The van der Waals surface area contributed by atoms with Crippen molar-refractivity contribution in [2.45, 2.75) is 20.0 Å². The molecule has 2 heteroatoms. The van der Waals surface area contributed by atoms with E-state index in [2.05, 4.69) is 0 Å². The summed E-state index contributed by atoms with van der Waals surface area (Å²) in [5, 5.41) is 9.65. The van der Waals surface area contributed by atoms with Crippen LogP contribution < -0.4 is 4.74 Å². The summed E-state index contributed by atoms with van der Waals surface area (Å²) in [6.45, 7) is 3.77. The van der Waals surface area contributed by atoms with Crippen LogP contribution in [0.4, 0.5) is 0 Å². The average molecular weight is 228 g/mol. The monoisotopic (exact) mass is 228 g/mol. The Bertz CT molecular complexity index is 487. The Morgan fingerprint density at radius 3 is 2.29 bits per heavy atom. The van der Waals surface area contributed by atoms with Gasteiger partial charge in [-0.2, -0.15) is 0 Å². The normalized spacial score (nSPS) is 12.2. The van der Waals surface area contributed by atoms with Crippen LogP contribution in [0.2, 0.25) is 0 Å². The molecule has 1 N–H and O–H groups in total. The molecule has 0 aromatic heterocycles. The van der Waals surface area contributed by atoms with E-state index in [1.54, 1.807) is 6.92 Å². The molecule has 0 amide bonds. The summed E-state index contributed by atoms with van der Waals surface area (Å²) < 4.78 is 5.77. The van der Waals surface area contributed by atoms with Gasteiger partial charge >= 0.3 is 0 Å². The molecular weight excluding hydrogens is 212 g/mol. The fraction of sp³-hybridized carbons (Fsp3) is 0.200. The van der Waals surface area contributed by atoms with Crippen molar-refractivity contribution in [3.05, 3.63) is 59.7 Å². The lowest BCUT2D eigenvalue weighted by atomic mass is 10.1. The minimum absolute atomic E-state index is 0.531. The molecular formula is C15H16O2. The highest BCUT2D eigenvalue weighted by Gasteiger charge is 2.08. The number of hydrogen-bond acceptors (Lipinski definition) is 2.